The van der Waals surface area contributed by atoms with Crippen molar-refractivity contribution in [3.8, 4) is 0 Å². The summed E-state index contributed by atoms with van der Waals surface area (Å²) in [6.07, 6.45) is 2.46. The molecule has 0 amide bonds. The molecule has 1 aromatic heterocycles. The van der Waals surface area contributed by atoms with Crippen molar-refractivity contribution < 1.29 is 0 Å². The summed E-state index contributed by atoms with van der Waals surface area (Å²) < 4.78 is 0. The molecule has 2 nitrogen and oxygen atoms in total. The Morgan fingerprint density at radius 3 is 2.75 bits per heavy atom. The monoisotopic (exact) mass is 212 g/mol. The minimum absolute atomic E-state index is 0.277. The van der Waals surface area contributed by atoms with Crippen LogP contribution in [0.5, 0.6) is 0 Å². The fourth-order valence-corrected chi connectivity index (χ4v) is 2.32. The van der Waals surface area contributed by atoms with Crippen LogP contribution in [0.15, 0.2) is 30.3 Å². The molecule has 1 aliphatic carbocycles. The van der Waals surface area contributed by atoms with Gasteiger partial charge in [-0.1, -0.05) is 12.1 Å². The average Bonchev–Trinajstić information content (AvgIpc) is 3.09. The fraction of sp³-hybridized carbons (Fsp3) is 0.357. The molecule has 3 rings (SSSR count). The first-order valence-electron chi connectivity index (χ1n) is 5.81. The molecule has 1 saturated carbocycles. The number of pyridine rings is 1. The van der Waals surface area contributed by atoms with E-state index in [1.54, 1.807) is 0 Å². The van der Waals surface area contributed by atoms with Gasteiger partial charge in [0.1, 0.15) is 0 Å². The average molecular weight is 212 g/mol. The van der Waals surface area contributed by atoms with E-state index in [1.807, 2.05) is 6.92 Å². The van der Waals surface area contributed by atoms with E-state index >= 15 is 0 Å². The summed E-state index contributed by atoms with van der Waals surface area (Å²) in [5.74, 6) is 0. The van der Waals surface area contributed by atoms with Gasteiger partial charge in [0.2, 0.25) is 0 Å². The maximum atomic E-state index is 5.85. The van der Waals surface area contributed by atoms with Crippen molar-refractivity contribution in [2.24, 2.45) is 5.73 Å². The van der Waals surface area contributed by atoms with Gasteiger partial charge in [-0.3, -0.25) is 4.98 Å². The number of rotatable bonds is 2. The predicted molar refractivity (Wildman–Crippen MR) is 66.4 cm³/mol. The maximum Gasteiger partial charge on any atom is 0.0705 e. The van der Waals surface area contributed by atoms with Gasteiger partial charge in [0.15, 0.2) is 0 Å². The van der Waals surface area contributed by atoms with Crippen LogP contribution in [0.2, 0.25) is 0 Å². The van der Waals surface area contributed by atoms with E-state index in [0.29, 0.717) is 0 Å². The van der Waals surface area contributed by atoms with Gasteiger partial charge in [0, 0.05) is 23.0 Å². The number of benzene rings is 1. The normalized spacial score (nSPS) is 17.6. The van der Waals surface area contributed by atoms with E-state index < -0.39 is 0 Å². The molecule has 2 heteroatoms. The first kappa shape index (κ1) is 9.79. The van der Waals surface area contributed by atoms with Crippen LogP contribution in [-0.2, 0) is 5.41 Å². The lowest BCUT2D eigenvalue weighted by atomic mass is 9.95. The number of fused-ring (bicyclic) bond motifs is 1. The molecule has 0 saturated heterocycles. The van der Waals surface area contributed by atoms with Crippen LogP contribution in [0.25, 0.3) is 10.9 Å². The minimum Gasteiger partial charge on any atom is -0.330 e. The summed E-state index contributed by atoms with van der Waals surface area (Å²) in [4.78, 5) is 4.51. The number of nitrogens with two attached hydrogens (primary N) is 1. The summed E-state index contributed by atoms with van der Waals surface area (Å²) in [6.45, 7) is 2.79. The highest BCUT2D eigenvalue weighted by Gasteiger charge is 2.42. The van der Waals surface area contributed by atoms with Crippen LogP contribution >= 0.6 is 0 Å². The lowest BCUT2D eigenvalue weighted by Gasteiger charge is -2.13. The molecule has 82 valence electrons. The van der Waals surface area contributed by atoms with Crippen LogP contribution in [-0.4, -0.2) is 11.5 Å². The van der Waals surface area contributed by atoms with E-state index in [9.17, 15) is 0 Å². The quantitative estimate of drug-likeness (QED) is 0.830. The summed E-state index contributed by atoms with van der Waals surface area (Å²) in [5.41, 5.74) is 9.66. The van der Waals surface area contributed by atoms with E-state index in [1.165, 1.54) is 23.8 Å². The van der Waals surface area contributed by atoms with Crippen LogP contribution in [0.3, 0.4) is 0 Å². The Morgan fingerprint density at radius 1 is 1.25 bits per heavy atom. The molecule has 0 spiro atoms. The number of hydrogen-bond acceptors (Lipinski definition) is 2. The number of aromatic nitrogens is 1. The Balaban J connectivity index is 2.13. The van der Waals surface area contributed by atoms with Crippen molar-refractivity contribution in [3.05, 3.63) is 41.6 Å². The van der Waals surface area contributed by atoms with Crippen LogP contribution in [0.1, 0.15) is 24.1 Å². The topological polar surface area (TPSA) is 38.9 Å². The molecule has 16 heavy (non-hydrogen) atoms. The van der Waals surface area contributed by atoms with Gasteiger partial charge < -0.3 is 5.73 Å². The summed E-state index contributed by atoms with van der Waals surface area (Å²) in [6, 6.07) is 10.8. The zero-order chi connectivity index (χ0) is 11.2. The van der Waals surface area contributed by atoms with Crippen LogP contribution < -0.4 is 5.73 Å². The third kappa shape index (κ3) is 1.41. The Bertz CT molecular complexity index is 541. The van der Waals surface area contributed by atoms with E-state index in [0.717, 1.165) is 17.8 Å². The molecule has 0 unspecified atom stereocenters. The molecule has 1 fully saturated rings. The molecule has 0 aliphatic heterocycles. The zero-order valence-corrected chi connectivity index (χ0v) is 9.53. The summed E-state index contributed by atoms with van der Waals surface area (Å²) >= 11 is 0. The third-order valence-electron chi connectivity index (χ3n) is 3.69. The molecular formula is C14H16N2. The van der Waals surface area contributed by atoms with Crippen LogP contribution in [0.4, 0.5) is 0 Å². The van der Waals surface area contributed by atoms with Gasteiger partial charge in [0.05, 0.1) is 5.52 Å². The largest absolute Gasteiger partial charge is 0.330 e. The highest BCUT2D eigenvalue weighted by atomic mass is 14.7. The molecule has 1 aliphatic rings. The minimum atomic E-state index is 0.277. The SMILES string of the molecule is Cc1ccc2cc(C3(CN)CC3)ccc2n1. The lowest BCUT2D eigenvalue weighted by molar-refractivity contribution is 0.706. The molecular weight excluding hydrogens is 196 g/mol. The van der Waals surface area contributed by atoms with Gasteiger partial charge in [-0.05, 0) is 43.5 Å². The fourth-order valence-electron chi connectivity index (χ4n) is 2.32. The molecule has 1 aromatic carbocycles. The summed E-state index contributed by atoms with van der Waals surface area (Å²) in [7, 11) is 0. The van der Waals surface area contributed by atoms with E-state index in [4.69, 9.17) is 5.73 Å². The third-order valence-corrected chi connectivity index (χ3v) is 3.69. The lowest BCUT2D eigenvalue weighted by Crippen LogP contribution is -2.19. The highest BCUT2D eigenvalue weighted by molar-refractivity contribution is 5.79. The van der Waals surface area contributed by atoms with Gasteiger partial charge >= 0.3 is 0 Å². The second-order valence-corrected chi connectivity index (χ2v) is 4.84. The van der Waals surface area contributed by atoms with Gasteiger partial charge in [-0.15, -0.1) is 0 Å². The van der Waals surface area contributed by atoms with Gasteiger partial charge in [-0.25, -0.2) is 0 Å². The first-order valence-corrected chi connectivity index (χ1v) is 5.81. The van der Waals surface area contributed by atoms with Crippen molar-refractivity contribution in [1.82, 2.24) is 4.98 Å². The molecule has 0 bridgehead atoms. The van der Waals surface area contributed by atoms with E-state index in [-0.39, 0.29) is 5.41 Å². The van der Waals surface area contributed by atoms with Crippen molar-refractivity contribution >= 4 is 10.9 Å². The zero-order valence-electron chi connectivity index (χ0n) is 9.53. The molecule has 2 aromatic rings. The van der Waals surface area contributed by atoms with Crippen molar-refractivity contribution in [1.29, 1.82) is 0 Å². The Labute approximate surface area is 95.5 Å². The second-order valence-electron chi connectivity index (χ2n) is 4.84. The number of nitrogens with zero attached hydrogens (tertiary/aromatic N) is 1. The van der Waals surface area contributed by atoms with Crippen LogP contribution in [0, 0.1) is 6.92 Å². The Morgan fingerprint density at radius 2 is 2.06 bits per heavy atom. The van der Waals surface area contributed by atoms with E-state index in [2.05, 4.69) is 35.3 Å². The summed E-state index contributed by atoms with van der Waals surface area (Å²) in [5, 5.41) is 1.22. The maximum absolute atomic E-state index is 5.85. The number of aryl methyl sites for hydroxylation is 1. The van der Waals surface area contributed by atoms with Crippen molar-refractivity contribution in [2.45, 2.75) is 25.2 Å². The van der Waals surface area contributed by atoms with Crippen molar-refractivity contribution in [2.75, 3.05) is 6.54 Å². The Hall–Kier alpha value is -1.41. The highest BCUT2D eigenvalue weighted by Crippen LogP contribution is 2.47. The second kappa shape index (κ2) is 3.29. The molecule has 0 radical (unpaired) electrons. The van der Waals surface area contributed by atoms with Gasteiger partial charge in [-0.2, -0.15) is 0 Å². The standard InChI is InChI=1S/C14H16N2/c1-10-2-3-11-8-12(4-5-13(11)16-10)14(9-15)6-7-14/h2-5,8H,6-7,9,15H2,1H3. The van der Waals surface area contributed by atoms with Gasteiger partial charge in [0.25, 0.3) is 0 Å². The first-order chi connectivity index (χ1) is 7.73. The molecule has 1 heterocycles. The Kier molecular flexibility index (Phi) is 2.01. The number of hydrogen-bond donors (Lipinski definition) is 1. The predicted octanol–water partition coefficient (Wildman–Crippen LogP) is 2.53. The molecule has 2 N–H and O–H groups in total. The smallest absolute Gasteiger partial charge is 0.0705 e. The van der Waals surface area contributed by atoms with Crippen molar-refractivity contribution in [3.63, 3.8) is 0 Å². The molecule has 0 atom stereocenters.